The minimum Gasteiger partial charge on any atom is -0.453 e. The lowest BCUT2D eigenvalue weighted by atomic mass is 9.91. The van der Waals surface area contributed by atoms with Crippen LogP contribution in [0.15, 0.2) is 12.7 Å². The smallest absolute Gasteiger partial charge is 0.453 e. The van der Waals surface area contributed by atoms with E-state index in [1.54, 1.807) is 0 Å². The van der Waals surface area contributed by atoms with Crippen molar-refractivity contribution in [1.82, 2.24) is 4.31 Å². The van der Waals surface area contributed by atoms with Gasteiger partial charge in [0.05, 0.1) is 6.04 Å². The number of alkyl halides is 17. The van der Waals surface area contributed by atoms with E-state index >= 15 is 0 Å². The van der Waals surface area contributed by atoms with Crippen molar-refractivity contribution >= 4 is 16.0 Å². The number of ether oxygens (including phenoxy) is 1. The van der Waals surface area contributed by atoms with Crippen LogP contribution in [0, 0.1) is 6.61 Å². The number of rotatable bonds is 13. The average molecular weight is 638 g/mol. The zero-order valence-electron chi connectivity index (χ0n) is 18.6. The van der Waals surface area contributed by atoms with Crippen molar-refractivity contribution in [3.63, 3.8) is 0 Å². The molecule has 0 aliphatic rings. The second-order valence-corrected chi connectivity index (χ2v) is 9.12. The highest BCUT2D eigenvalue weighted by Gasteiger charge is 2.96. The van der Waals surface area contributed by atoms with Crippen LogP contribution in [0.2, 0.25) is 0 Å². The van der Waals surface area contributed by atoms with Gasteiger partial charge in [-0.3, -0.25) is 0 Å². The molecule has 1 unspecified atom stereocenters. The number of nitrogens with zero attached hydrogens (tertiary/aromatic N) is 1. The predicted molar refractivity (Wildman–Crippen MR) is 92.0 cm³/mol. The Balaban J connectivity index is 6.95. The lowest BCUT2D eigenvalue weighted by Crippen LogP contribution is -2.75. The fourth-order valence-corrected chi connectivity index (χ4v) is 3.99. The van der Waals surface area contributed by atoms with E-state index in [9.17, 15) is 87.8 Å². The molecule has 0 amide bonds. The third-order valence-corrected chi connectivity index (χ3v) is 6.75. The molecule has 0 bridgehead atoms. The molecule has 0 heterocycles. The summed E-state index contributed by atoms with van der Waals surface area (Å²) in [5.41, 5.74) is 0. The van der Waals surface area contributed by atoms with Crippen molar-refractivity contribution < 1.29 is 92.6 Å². The quantitative estimate of drug-likeness (QED) is 0.144. The Morgan fingerprint density at radius 3 is 1.38 bits per heavy atom. The van der Waals surface area contributed by atoms with Crippen molar-refractivity contribution in [1.29, 1.82) is 0 Å². The van der Waals surface area contributed by atoms with E-state index in [2.05, 4.69) is 11.3 Å². The SMILES string of the molecule is C=CC(=O)O[CH]C(C)N(CC)S(=O)(=O)C(F)(F)C(F)(F)C(F)(F)C(F)(F)C(F)(F)C(F)(F)C(F)(F)C(F)(F)F. The summed E-state index contributed by atoms with van der Waals surface area (Å²) in [7, 11) is -7.51. The molecule has 0 fully saturated rings. The average Bonchev–Trinajstić information content (AvgIpc) is 2.75. The number of hydrogen-bond donors (Lipinski definition) is 0. The van der Waals surface area contributed by atoms with Crippen LogP contribution in [-0.2, 0) is 19.6 Å². The van der Waals surface area contributed by atoms with Crippen LogP contribution in [0.25, 0.3) is 0 Å². The molecule has 0 rings (SSSR count). The Bertz CT molecular complexity index is 1020. The van der Waals surface area contributed by atoms with Gasteiger partial charge in [0.15, 0.2) is 6.61 Å². The Morgan fingerprint density at radius 1 is 0.744 bits per heavy atom. The molecule has 5 nitrogen and oxygen atoms in total. The minimum absolute atomic E-state index is 0.0417. The molecule has 0 saturated heterocycles. The van der Waals surface area contributed by atoms with E-state index in [4.69, 9.17) is 0 Å². The normalized spacial score (nSPS) is 16.3. The van der Waals surface area contributed by atoms with Crippen LogP contribution in [0.4, 0.5) is 74.6 Å². The molecule has 0 aliphatic heterocycles. The number of halogens is 17. The van der Waals surface area contributed by atoms with Gasteiger partial charge in [0.25, 0.3) is 10.0 Å². The summed E-state index contributed by atoms with van der Waals surface area (Å²) in [6.45, 7) is 2.19. The number of esters is 1. The van der Waals surface area contributed by atoms with Gasteiger partial charge >= 0.3 is 52.9 Å². The van der Waals surface area contributed by atoms with E-state index in [1.165, 1.54) is 0 Å². The molecule has 0 N–H and O–H groups in total. The molecule has 0 aromatic heterocycles. The van der Waals surface area contributed by atoms with Crippen LogP contribution >= 0.6 is 0 Å². The second kappa shape index (κ2) is 10.4. The van der Waals surface area contributed by atoms with Crippen molar-refractivity contribution in [2.24, 2.45) is 0 Å². The first-order chi connectivity index (χ1) is 16.8. The Morgan fingerprint density at radius 2 is 1.08 bits per heavy atom. The van der Waals surface area contributed by atoms with Gasteiger partial charge in [0.2, 0.25) is 0 Å². The number of likely N-dealkylation sites (N-methyl/N-ethyl adjacent to an activating group) is 1. The predicted octanol–water partition coefficient (Wildman–Crippen LogP) is 5.88. The van der Waals surface area contributed by atoms with Gasteiger partial charge < -0.3 is 4.74 Å². The molecule has 1 atom stereocenters. The zero-order valence-corrected chi connectivity index (χ0v) is 19.4. The minimum atomic E-state index is -8.92. The van der Waals surface area contributed by atoms with E-state index in [1.807, 2.05) is 0 Å². The van der Waals surface area contributed by atoms with Crippen molar-refractivity contribution in [2.75, 3.05) is 6.54 Å². The molecular weight excluding hydrogens is 625 g/mol. The lowest BCUT2D eigenvalue weighted by molar-refractivity contribution is -0.458. The van der Waals surface area contributed by atoms with Crippen molar-refractivity contribution in [2.45, 2.75) is 66.9 Å². The topological polar surface area (TPSA) is 63.7 Å². The van der Waals surface area contributed by atoms with E-state index < -0.39 is 79.9 Å². The van der Waals surface area contributed by atoms with Gasteiger partial charge in [-0.15, -0.1) is 0 Å². The molecule has 1 radical (unpaired) electrons. The molecular formula is C16H13F17NO4S. The van der Waals surface area contributed by atoms with Crippen LogP contribution in [0.5, 0.6) is 0 Å². The lowest BCUT2D eigenvalue weighted by Gasteiger charge is -2.43. The molecule has 0 spiro atoms. The molecule has 0 aromatic rings. The van der Waals surface area contributed by atoms with E-state index in [0.717, 1.165) is 0 Å². The number of carbonyl (C=O) groups excluding carboxylic acids is 1. The molecule has 0 saturated carbocycles. The van der Waals surface area contributed by atoms with E-state index in [-0.39, 0.29) is 6.61 Å². The van der Waals surface area contributed by atoms with Crippen LogP contribution in [0.3, 0.4) is 0 Å². The molecule has 39 heavy (non-hydrogen) atoms. The summed E-state index contributed by atoms with van der Waals surface area (Å²) in [6, 6.07) is -2.36. The van der Waals surface area contributed by atoms with Gasteiger partial charge in [-0.1, -0.05) is 13.5 Å². The summed E-state index contributed by atoms with van der Waals surface area (Å²) in [5, 5.41) is -7.70. The number of hydrogen-bond acceptors (Lipinski definition) is 4. The fourth-order valence-electron chi connectivity index (χ4n) is 2.42. The molecule has 0 aromatic carbocycles. The maximum Gasteiger partial charge on any atom is 0.460 e. The van der Waals surface area contributed by atoms with Gasteiger partial charge in [0.1, 0.15) is 0 Å². The molecule has 23 heteroatoms. The second-order valence-electron chi connectivity index (χ2n) is 7.19. The molecule has 0 aliphatic carbocycles. The summed E-state index contributed by atoms with van der Waals surface area (Å²) < 4.78 is 254. The summed E-state index contributed by atoms with van der Waals surface area (Å²) in [4.78, 5) is 10.9. The van der Waals surface area contributed by atoms with Gasteiger partial charge in [-0.05, 0) is 6.92 Å². The maximum absolute atomic E-state index is 14.3. The first kappa shape index (κ1) is 36.9. The van der Waals surface area contributed by atoms with Crippen LogP contribution < -0.4 is 0 Å². The Labute approximate surface area is 206 Å². The third kappa shape index (κ3) is 5.23. The van der Waals surface area contributed by atoms with Crippen LogP contribution in [-0.4, -0.2) is 78.2 Å². The van der Waals surface area contributed by atoms with Crippen molar-refractivity contribution in [3.05, 3.63) is 19.3 Å². The summed E-state index contributed by atoms with van der Waals surface area (Å²) >= 11 is 0. The monoisotopic (exact) mass is 638 g/mol. The molecule has 231 valence electrons. The van der Waals surface area contributed by atoms with Gasteiger partial charge in [0, 0.05) is 12.6 Å². The van der Waals surface area contributed by atoms with Gasteiger partial charge in [-0.2, -0.15) is 78.9 Å². The Kier molecular flexibility index (Phi) is 9.85. The Hall–Kier alpha value is -2.07. The fraction of sp³-hybridized carbons (Fsp3) is 0.750. The highest BCUT2D eigenvalue weighted by molar-refractivity contribution is 7.90. The number of carbonyl (C=O) groups is 1. The highest BCUT2D eigenvalue weighted by Crippen LogP contribution is 2.64. The number of sulfonamides is 1. The zero-order chi connectivity index (χ0) is 32.1. The van der Waals surface area contributed by atoms with Gasteiger partial charge in [-0.25, -0.2) is 13.2 Å². The largest absolute Gasteiger partial charge is 0.460 e. The maximum atomic E-state index is 14.3. The third-order valence-electron chi connectivity index (χ3n) is 4.64. The van der Waals surface area contributed by atoms with E-state index in [0.29, 0.717) is 19.9 Å². The summed E-state index contributed by atoms with van der Waals surface area (Å²) in [6.07, 6.45) is -7.55. The van der Waals surface area contributed by atoms with Crippen molar-refractivity contribution in [3.8, 4) is 0 Å². The first-order valence-corrected chi connectivity index (χ1v) is 10.7. The highest BCUT2D eigenvalue weighted by atomic mass is 32.2. The summed E-state index contributed by atoms with van der Waals surface area (Å²) in [5.74, 6) is -53.5. The van der Waals surface area contributed by atoms with Crippen LogP contribution in [0.1, 0.15) is 13.8 Å². The first-order valence-electron chi connectivity index (χ1n) is 9.22. The standard InChI is InChI=1S/C16H13F17NO4S/c1-4-8(35)38-6-7(3)34(5-2)39(36,37)16(32,33)14(27,28)12(23,24)10(19,20)9(17,18)11(21,22)13(25,26)15(29,30)31/h4,6-7H,1,5H2,2-3H3.